The number of carbonyl (C=O) groups is 4. The van der Waals surface area contributed by atoms with Crippen molar-refractivity contribution in [3.05, 3.63) is 60.3 Å². The smallest absolute Gasteiger partial charge is 0.319 e. The molecule has 39 heavy (non-hydrogen) atoms. The van der Waals surface area contributed by atoms with Gasteiger partial charge in [-0.05, 0) is 48.8 Å². The van der Waals surface area contributed by atoms with Crippen LogP contribution < -0.4 is 21.7 Å². The number of nitrogens with zero attached hydrogens (tertiary/aromatic N) is 1. The maximum atomic E-state index is 13.4. The molecule has 0 saturated carbocycles. The summed E-state index contributed by atoms with van der Waals surface area (Å²) >= 11 is 2.92. The number of rotatable bonds is 10. The van der Waals surface area contributed by atoms with Gasteiger partial charge in [0, 0.05) is 40.6 Å². The highest BCUT2D eigenvalue weighted by Gasteiger charge is 2.41. The second kappa shape index (κ2) is 12.9. The van der Waals surface area contributed by atoms with Crippen molar-refractivity contribution < 1.29 is 19.2 Å². The van der Waals surface area contributed by atoms with Crippen molar-refractivity contribution in [2.45, 2.75) is 35.9 Å². The van der Waals surface area contributed by atoms with Gasteiger partial charge in [-0.3, -0.25) is 14.4 Å². The van der Waals surface area contributed by atoms with Crippen molar-refractivity contribution in [1.82, 2.24) is 20.5 Å². The number of nitrogens with one attached hydrogen (secondary N) is 4. The van der Waals surface area contributed by atoms with Crippen LogP contribution in [0.4, 0.5) is 10.5 Å². The summed E-state index contributed by atoms with van der Waals surface area (Å²) in [4.78, 5) is 56.9. The first-order valence-electron chi connectivity index (χ1n) is 12.4. The molecule has 206 valence electrons. The molecule has 10 nitrogen and oxygen atoms in total. The molecular formula is C27H32N6O4S2. The second-order valence-electron chi connectivity index (χ2n) is 9.29. The van der Waals surface area contributed by atoms with Gasteiger partial charge in [0.05, 0.1) is 11.8 Å². The molecule has 1 aliphatic rings. The number of nitrogens with two attached hydrogens (primary N) is 1. The van der Waals surface area contributed by atoms with E-state index in [9.17, 15) is 19.2 Å². The Labute approximate surface area is 235 Å². The summed E-state index contributed by atoms with van der Waals surface area (Å²) < 4.78 is 0. The Balaban J connectivity index is 1.44. The Morgan fingerprint density at radius 3 is 2.67 bits per heavy atom. The maximum Gasteiger partial charge on any atom is 0.319 e. The van der Waals surface area contributed by atoms with Crippen LogP contribution in [0.2, 0.25) is 0 Å². The van der Waals surface area contributed by atoms with Gasteiger partial charge in [0.1, 0.15) is 12.1 Å². The number of H-pyrrole nitrogens is 1. The van der Waals surface area contributed by atoms with Crippen LogP contribution in [-0.2, 0) is 20.8 Å². The van der Waals surface area contributed by atoms with E-state index < -0.39 is 36.0 Å². The van der Waals surface area contributed by atoms with Crippen LogP contribution in [-0.4, -0.2) is 76.6 Å². The summed E-state index contributed by atoms with van der Waals surface area (Å²) in [7, 11) is 0. The molecule has 0 radical (unpaired) electrons. The van der Waals surface area contributed by atoms with Crippen LogP contribution in [0.25, 0.3) is 10.9 Å². The van der Waals surface area contributed by atoms with Gasteiger partial charge in [-0.1, -0.05) is 24.3 Å². The molecule has 3 aromatic rings. The molecule has 0 spiro atoms. The lowest BCUT2D eigenvalue weighted by Gasteiger charge is -2.25. The van der Waals surface area contributed by atoms with E-state index >= 15 is 0 Å². The summed E-state index contributed by atoms with van der Waals surface area (Å²) in [5, 5.41) is 9.38. The fourth-order valence-corrected chi connectivity index (χ4v) is 5.61. The minimum atomic E-state index is -0.965. The number of anilines is 1. The van der Waals surface area contributed by atoms with Gasteiger partial charge in [0.15, 0.2) is 0 Å². The molecule has 3 atom stereocenters. The van der Waals surface area contributed by atoms with Crippen LogP contribution in [0.15, 0.2) is 59.6 Å². The van der Waals surface area contributed by atoms with E-state index in [1.807, 2.05) is 48.7 Å². The van der Waals surface area contributed by atoms with Gasteiger partial charge in [0.25, 0.3) is 0 Å². The number of hydrogen-bond donors (Lipinski definition) is 5. The van der Waals surface area contributed by atoms with E-state index in [2.05, 4.69) is 20.9 Å². The predicted octanol–water partition coefficient (Wildman–Crippen LogP) is 2.56. The van der Waals surface area contributed by atoms with Gasteiger partial charge < -0.3 is 31.6 Å². The van der Waals surface area contributed by atoms with Crippen molar-refractivity contribution in [3.8, 4) is 0 Å². The molecule has 6 N–H and O–H groups in total. The minimum absolute atomic E-state index is 0.180. The molecule has 0 bridgehead atoms. The zero-order chi connectivity index (χ0) is 27.9. The lowest BCUT2D eigenvalue weighted by Crippen LogP contribution is -2.53. The highest BCUT2D eigenvalue weighted by Crippen LogP contribution is 2.23. The highest BCUT2D eigenvalue weighted by molar-refractivity contribution is 7.99. The minimum Gasteiger partial charge on any atom is -0.368 e. The third-order valence-electron chi connectivity index (χ3n) is 6.61. The Morgan fingerprint density at radius 1 is 1.13 bits per heavy atom. The van der Waals surface area contributed by atoms with Crippen LogP contribution in [0.3, 0.4) is 0 Å². The number of urea groups is 1. The molecule has 4 rings (SSSR count). The first kappa shape index (κ1) is 28.4. The molecule has 12 heteroatoms. The standard InChI is InChI=1S/C27H32N6O4S2/c1-38-15-24(34)33-14-18(31-27(37)30-17-6-5-7-19(11-17)39-2)12-23(33)26(36)32-22(25(28)35)10-16-13-29-21-9-4-3-8-20(16)21/h3-9,11,13,18,22-23,29H,10,12,14-15H2,1-2H3,(H2,28,35)(H,32,36)(H2,30,31,37). The number of amides is 5. The third kappa shape index (κ3) is 7.07. The fourth-order valence-electron chi connectivity index (χ4n) is 4.74. The molecule has 1 fully saturated rings. The van der Waals surface area contributed by atoms with E-state index in [4.69, 9.17) is 5.73 Å². The van der Waals surface area contributed by atoms with Gasteiger partial charge >= 0.3 is 6.03 Å². The fraction of sp³-hybridized carbons (Fsp3) is 0.333. The number of fused-ring (bicyclic) bond motifs is 1. The molecule has 2 heterocycles. The van der Waals surface area contributed by atoms with Crippen molar-refractivity contribution >= 4 is 63.9 Å². The summed E-state index contributed by atoms with van der Waals surface area (Å²) in [6, 6.07) is 12.4. The Hall–Kier alpha value is -3.64. The van der Waals surface area contributed by atoms with Crippen LogP contribution in [0, 0.1) is 0 Å². The number of carbonyl (C=O) groups excluding carboxylic acids is 4. The quantitative estimate of drug-likeness (QED) is 0.237. The number of hydrogen-bond acceptors (Lipinski definition) is 6. The van der Waals surface area contributed by atoms with E-state index in [0.717, 1.165) is 21.4 Å². The molecule has 1 aromatic heterocycles. The summed E-state index contributed by atoms with van der Waals surface area (Å²) in [5.41, 5.74) is 8.06. The zero-order valence-corrected chi connectivity index (χ0v) is 23.4. The van der Waals surface area contributed by atoms with Crippen LogP contribution in [0.5, 0.6) is 0 Å². The lowest BCUT2D eigenvalue weighted by atomic mass is 10.0. The zero-order valence-electron chi connectivity index (χ0n) is 21.7. The molecular weight excluding hydrogens is 536 g/mol. The average molecular weight is 569 g/mol. The van der Waals surface area contributed by atoms with Crippen LogP contribution in [0.1, 0.15) is 12.0 Å². The number of thioether (sulfide) groups is 2. The van der Waals surface area contributed by atoms with E-state index in [0.29, 0.717) is 5.69 Å². The average Bonchev–Trinajstić information content (AvgIpc) is 3.53. The van der Waals surface area contributed by atoms with Crippen molar-refractivity contribution in [2.75, 3.05) is 30.1 Å². The number of primary amides is 1. The number of para-hydroxylation sites is 1. The number of aromatic nitrogens is 1. The largest absolute Gasteiger partial charge is 0.368 e. The SMILES string of the molecule is CSCC(=O)N1CC(NC(=O)Nc2cccc(SC)c2)CC1C(=O)NC(Cc1c[nH]c2ccccc12)C(N)=O. The predicted molar refractivity (Wildman–Crippen MR) is 156 cm³/mol. The first-order valence-corrected chi connectivity index (χ1v) is 15.1. The topological polar surface area (TPSA) is 149 Å². The van der Waals surface area contributed by atoms with Crippen LogP contribution >= 0.6 is 23.5 Å². The molecule has 3 unspecified atom stereocenters. The van der Waals surface area contributed by atoms with Gasteiger partial charge in [0.2, 0.25) is 17.7 Å². The number of aromatic amines is 1. The van der Waals surface area contributed by atoms with Gasteiger partial charge in [-0.25, -0.2) is 4.79 Å². The monoisotopic (exact) mass is 568 g/mol. The highest BCUT2D eigenvalue weighted by atomic mass is 32.2. The molecule has 5 amide bonds. The molecule has 2 aromatic carbocycles. The normalized spacial score (nSPS) is 17.5. The lowest BCUT2D eigenvalue weighted by molar-refractivity contribution is -0.137. The summed E-state index contributed by atoms with van der Waals surface area (Å²) in [6.45, 7) is 0.180. The van der Waals surface area contributed by atoms with Crippen molar-refractivity contribution in [2.24, 2.45) is 5.73 Å². The van der Waals surface area contributed by atoms with Crippen molar-refractivity contribution in [1.29, 1.82) is 0 Å². The molecule has 1 saturated heterocycles. The van der Waals surface area contributed by atoms with E-state index in [1.165, 1.54) is 16.7 Å². The van der Waals surface area contributed by atoms with Gasteiger partial charge in [-0.2, -0.15) is 11.8 Å². The molecule has 1 aliphatic heterocycles. The summed E-state index contributed by atoms with van der Waals surface area (Å²) in [6.07, 6.45) is 5.97. The summed E-state index contributed by atoms with van der Waals surface area (Å²) in [5.74, 6) is -1.17. The number of likely N-dealkylation sites (tertiary alicyclic amines) is 1. The Morgan fingerprint density at radius 2 is 1.92 bits per heavy atom. The first-order chi connectivity index (χ1) is 18.8. The van der Waals surface area contributed by atoms with Crippen molar-refractivity contribution in [3.63, 3.8) is 0 Å². The Bertz CT molecular complexity index is 1360. The third-order valence-corrected chi connectivity index (χ3v) is 7.87. The second-order valence-corrected chi connectivity index (χ2v) is 11.0. The maximum absolute atomic E-state index is 13.4. The Kier molecular flexibility index (Phi) is 9.41. The number of benzene rings is 2. The van der Waals surface area contributed by atoms with E-state index in [-0.39, 0.29) is 31.0 Å². The van der Waals surface area contributed by atoms with Gasteiger partial charge in [-0.15, -0.1) is 11.8 Å². The van der Waals surface area contributed by atoms with E-state index in [1.54, 1.807) is 30.3 Å². The molecule has 0 aliphatic carbocycles.